The topological polar surface area (TPSA) is 64.4 Å². The Hall–Kier alpha value is -2.30. The number of rotatable bonds is 6. The smallest absolute Gasteiger partial charge is 0.273 e. The molecule has 0 spiro atoms. The molecule has 2 aromatic rings. The average molecular weight is 302 g/mol. The molecule has 1 N–H and O–H groups in total. The van der Waals surface area contributed by atoms with Gasteiger partial charge in [-0.25, -0.2) is 0 Å². The maximum atomic E-state index is 12.1. The number of ether oxygens (including phenoxy) is 1. The highest BCUT2D eigenvalue weighted by Crippen LogP contribution is 2.24. The molecule has 0 saturated carbocycles. The first-order chi connectivity index (χ1) is 10.5. The fourth-order valence-corrected chi connectivity index (χ4v) is 2.23. The molecule has 22 heavy (non-hydrogen) atoms. The lowest BCUT2D eigenvalue weighted by Gasteiger charge is -2.12. The van der Waals surface area contributed by atoms with Crippen LogP contribution in [0.3, 0.4) is 0 Å². The first-order valence-electron chi connectivity index (χ1n) is 7.47. The molecule has 0 aliphatic carbocycles. The fourth-order valence-electron chi connectivity index (χ4n) is 2.23. The Morgan fingerprint density at radius 3 is 2.59 bits per heavy atom. The summed E-state index contributed by atoms with van der Waals surface area (Å²) < 4.78 is 11.1. The molecule has 118 valence electrons. The van der Waals surface area contributed by atoms with Crippen molar-refractivity contribution in [1.82, 2.24) is 10.5 Å². The predicted molar refractivity (Wildman–Crippen MR) is 84.1 cm³/mol. The van der Waals surface area contributed by atoms with Crippen LogP contribution in [0.5, 0.6) is 5.75 Å². The summed E-state index contributed by atoms with van der Waals surface area (Å²) in [5.74, 6) is 1.22. The summed E-state index contributed by atoms with van der Waals surface area (Å²) in [6.45, 7) is 8.65. The first-order valence-corrected chi connectivity index (χ1v) is 7.47. The number of para-hydroxylation sites is 1. The van der Waals surface area contributed by atoms with Gasteiger partial charge in [-0.15, -0.1) is 0 Å². The second-order valence-electron chi connectivity index (χ2n) is 5.33. The number of carbonyl (C=O) groups excluding carboxylic acids is 1. The number of hydrogen-bond donors (Lipinski definition) is 1. The molecule has 1 aromatic heterocycles. The lowest BCUT2D eigenvalue weighted by Crippen LogP contribution is -2.25. The number of nitrogens with one attached hydrogen (secondary N) is 1. The van der Waals surface area contributed by atoms with Crippen LogP contribution in [0.4, 0.5) is 0 Å². The van der Waals surface area contributed by atoms with Gasteiger partial charge in [0.25, 0.3) is 5.91 Å². The highest BCUT2D eigenvalue weighted by molar-refractivity contribution is 5.93. The molecular formula is C17H22N2O3. The van der Waals surface area contributed by atoms with Gasteiger partial charge in [0.05, 0.1) is 5.56 Å². The Bertz CT molecular complexity index is 642. The van der Waals surface area contributed by atoms with Gasteiger partial charge in [0.15, 0.2) is 5.69 Å². The van der Waals surface area contributed by atoms with Gasteiger partial charge in [-0.05, 0) is 38.3 Å². The molecule has 5 nitrogen and oxygen atoms in total. The van der Waals surface area contributed by atoms with Crippen molar-refractivity contribution < 1.29 is 14.1 Å². The zero-order valence-electron chi connectivity index (χ0n) is 13.5. The summed E-state index contributed by atoms with van der Waals surface area (Å²) in [5.41, 5.74) is 3.12. The van der Waals surface area contributed by atoms with E-state index in [1.165, 1.54) is 0 Å². The second kappa shape index (κ2) is 7.11. The lowest BCUT2D eigenvalue weighted by molar-refractivity contribution is 0.0942. The van der Waals surface area contributed by atoms with E-state index in [9.17, 15) is 4.79 Å². The molecule has 1 heterocycles. The summed E-state index contributed by atoms with van der Waals surface area (Å²) in [4.78, 5) is 12.1. The molecule has 1 aromatic carbocycles. The normalized spacial score (nSPS) is 10.5. The Balaban J connectivity index is 2.16. The van der Waals surface area contributed by atoms with Crippen molar-refractivity contribution in [3.63, 3.8) is 0 Å². The van der Waals surface area contributed by atoms with Crippen molar-refractivity contribution in [3.05, 3.63) is 46.3 Å². The largest absolute Gasteiger partial charge is 0.488 e. The lowest BCUT2D eigenvalue weighted by atomic mass is 10.1. The number of hydrogen-bond acceptors (Lipinski definition) is 4. The molecule has 0 bridgehead atoms. The summed E-state index contributed by atoms with van der Waals surface area (Å²) >= 11 is 0. The van der Waals surface area contributed by atoms with E-state index in [-0.39, 0.29) is 12.5 Å². The highest BCUT2D eigenvalue weighted by Gasteiger charge is 2.20. The number of nitrogens with zero attached hydrogens (tertiary/aromatic N) is 1. The van der Waals surface area contributed by atoms with E-state index >= 15 is 0 Å². The van der Waals surface area contributed by atoms with Gasteiger partial charge in [0, 0.05) is 6.54 Å². The minimum atomic E-state index is -0.223. The van der Waals surface area contributed by atoms with Crippen LogP contribution in [0, 0.1) is 20.8 Å². The average Bonchev–Trinajstić information content (AvgIpc) is 2.85. The van der Waals surface area contributed by atoms with Crippen molar-refractivity contribution in [2.24, 2.45) is 0 Å². The maximum Gasteiger partial charge on any atom is 0.273 e. The molecule has 1 amide bonds. The third-order valence-corrected chi connectivity index (χ3v) is 3.50. The molecule has 0 atom stereocenters. The van der Waals surface area contributed by atoms with Crippen LogP contribution in [-0.4, -0.2) is 17.6 Å². The third kappa shape index (κ3) is 3.47. The molecule has 0 aliphatic rings. The van der Waals surface area contributed by atoms with Crippen LogP contribution in [0.25, 0.3) is 0 Å². The van der Waals surface area contributed by atoms with Gasteiger partial charge < -0.3 is 14.6 Å². The van der Waals surface area contributed by atoms with E-state index in [0.717, 1.165) is 23.3 Å². The van der Waals surface area contributed by atoms with Gasteiger partial charge >= 0.3 is 0 Å². The molecule has 5 heteroatoms. The standard InChI is InChI=1S/C17H22N2O3/c1-5-9-18-17(20)15-14(13(4)22-19-15)10-21-16-11(2)7-6-8-12(16)3/h6-8H,5,9-10H2,1-4H3,(H,18,20). The number of amides is 1. The van der Waals surface area contributed by atoms with Gasteiger partial charge in [-0.3, -0.25) is 4.79 Å². The van der Waals surface area contributed by atoms with Gasteiger partial charge in [0.1, 0.15) is 18.1 Å². The molecule has 0 radical (unpaired) electrons. The Morgan fingerprint density at radius 2 is 1.95 bits per heavy atom. The zero-order valence-corrected chi connectivity index (χ0v) is 13.5. The van der Waals surface area contributed by atoms with Crippen LogP contribution in [0.1, 0.15) is 46.3 Å². The summed E-state index contributed by atoms with van der Waals surface area (Å²) in [5, 5.41) is 6.66. The van der Waals surface area contributed by atoms with E-state index in [0.29, 0.717) is 23.6 Å². The van der Waals surface area contributed by atoms with Crippen LogP contribution in [0.15, 0.2) is 22.7 Å². The fraction of sp³-hybridized carbons (Fsp3) is 0.412. The Kier molecular flexibility index (Phi) is 5.20. The van der Waals surface area contributed by atoms with Crippen LogP contribution >= 0.6 is 0 Å². The molecule has 2 rings (SSSR count). The Morgan fingerprint density at radius 1 is 1.27 bits per heavy atom. The van der Waals surface area contributed by atoms with E-state index in [1.807, 2.05) is 39.0 Å². The van der Waals surface area contributed by atoms with E-state index in [1.54, 1.807) is 6.92 Å². The number of aryl methyl sites for hydroxylation is 3. The number of carbonyl (C=O) groups is 1. The monoisotopic (exact) mass is 302 g/mol. The number of benzene rings is 1. The highest BCUT2D eigenvalue weighted by atomic mass is 16.5. The Labute approximate surface area is 130 Å². The summed E-state index contributed by atoms with van der Waals surface area (Å²) in [6.07, 6.45) is 0.872. The number of aromatic nitrogens is 1. The SMILES string of the molecule is CCCNC(=O)c1noc(C)c1COc1c(C)cccc1C. The van der Waals surface area contributed by atoms with E-state index < -0.39 is 0 Å². The van der Waals surface area contributed by atoms with Gasteiger partial charge in [0.2, 0.25) is 0 Å². The predicted octanol–water partition coefficient (Wildman–Crippen LogP) is 3.32. The minimum Gasteiger partial charge on any atom is -0.488 e. The molecular weight excluding hydrogens is 280 g/mol. The minimum absolute atomic E-state index is 0.223. The van der Waals surface area contributed by atoms with Crippen molar-refractivity contribution in [2.75, 3.05) is 6.54 Å². The second-order valence-corrected chi connectivity index (χ2v) is 5.33. The summed E-state index contributed by atoms with van der Waals surface area (Å²) in [7, 11) is 0. The van der Waals surface area contributed by atoms with Crippen LogP contribution < -0.4 is 10.1 Å². The van der Waals surface area contributed by atoms with Gasteiger partial charge in [-0.1, -0.05) is 30.3 Å². The first kappa shape index (κ1) is 16.1. The summed E-state index contributed by atoms with van der Waals surface area (Å²) in [6, 6.07) is 5.99. The maximum absolute atomic E-state index is 12.1. The molecule has 0 unspecified atom stereocenters. The molecule has 0 aliphatic heterocycles. The molecule has 0 fully saturated rings. The van der Waals surface area contributed by atoms with Crippen molar-refractivity contribution in [3.8, 4) is 5.75 Å². The van der Waals surface area contributed by atoms with E-state index in [4.69, 9.17) is 9.26 Å². The molecule has 0 saturated heterocycles. The van der Waals surface area contributed by atoms with Crippen molar-refractivity contribution in [2.45, 2.75) is 40.7 Å². The zero-order chi connectivity index (χ0) is 16.1. The van der Waals surface area contributed by atoms with E-state index in [2.05, 4.69) is 10.5 Å². The van der Waals surface area contributed by atoms with Gasteiger partial charge in [-0.2, -0.15) is 0 Å². The van der Waals surface area contributed by atoms with Crippen molar-refractivity contribution >= 4 is 5.91 Å². The van der Waals surface area contributed by atoms with Crippen LogP contribution in [-0.2, 0) is 6.61 Å². The van der Waals surface area contributed by atoms with Crippen molar-refractivity contribution in [1.29, 1.82) is 0 Å². The third-order valence-electron chi connectivity index (χ3n) is 3.50. The van der Waals surface area contributed by atoms with Crippen LogP contribution in [0.2, 0.25) is 0 Å². The quantitative estimate of drug-likeness (QED) is 0.889.